The second-order valence-electron chi connectivity index (χ2n) is 7.54. The van der Waals surface area contributed by atoms with E-state index in [2.05, 4.69) is 22.4 Å². The predicted molar refractivity (Wildman–Crippen MR) is 110 cm³/mol. The van der Waals surface area contributed by atoms with E-state index in [1.807, 2.05) is 35.7 Å². The maximum atomic E-state index is 12.9. The van der Waals surface area contributed by atoms with Crippen molar-refractivity contribution in [2.24, 2.45) is 5.92 Å². The van der Waals surface area contributed by atoms with Crippen LogP contribution in [0.15, 0.2) is 40.2 Å². The number of quaternary nitrogens is 1. The molecule has 3 aromatic rings. The first-order valence-electron chi connectivity index (χ1n) is 9.71. The number of aryl methyl sites for hydroxylation is 1. The third-order valence-corrected chi connectivity index (χ3v) is 6.13. The summed E-state index contributed by atoms with van der Waals surface area (Å²) in [6.45, 7) is 7.38. The van der Waals surface area contributed by atoms with Gasteiger partial charge in [-0.15, -0.1) is 11.3 Å². The molecule has 0 aliphatic carbocycles. The molecule has 0 unspecified atom stereocenters. The number of nitrogens with one attached hydrogen (secondary N) is 2. The molecular weight excluding hydrogens is 372 g/mol. The first-order chi connectivity index (χ1) is 13.6. The number of aromatic nitrogens is 2. The molecule has 4 rings (SSSR count). The summed E-state index contributed by atoms with van der Waals surface area (Å²) in [6, 6.07) is 9.59. The van der Waals surface area contributed by atoms with Crippen LogP contribution in [0.2, 0.25) is 0 Å². The zero-order chi connectivity index (χ0) is 19.5. The second kappa shape index (κ2) is 8.24. The molecule has 6 nitrogen and oxygen atoms in total. The minimum absolute atomic E-state index is 0.238. The van der Waals surface area contributed by atoms with E-state index in [-0.39, 0.29) is 5.91 Å². The van der Waals surface area contributed by atoms with Crippen molar-refractivity contribution in [2.75, 3.05) is 18.4 Å². The van der Waals surface area contributed by atoms with Crippen molar-refractivity contribution in [1.29, 1.82) is 0 Å². The molecule has 7 heteroatoms. The number of benzene rings is 1. The van der Waals surface area contributed by atoms with Crippen LogP contribution in [-0.2, 0) is 6.54 Å². The van der Waals surface area contributed by atoms with E-state index in [4.69, 9.17) is 4.52 Å². The van der Waals surface area contributed by atoms with Crippen molar-refractivity contribution >= 4 is 22.4 Å². The number of piperidine rings is 1. The van der Waals surface area contributed by atoms with Gasteiger partial charge in [0, 0.05) is 10.9 Å². The Morgan fingerprint density at radius 1 is 1.29 bits per heavy atom. The van der Waals surface area contributed by atoms with E-state index < -0.39 is 0 Å². The van der Waals surface area contributed by atoms with E-state index in [9.17, 15) is 4.79 Å². The molecule has 146 valence electrons. The highest BCUT2D eigenvalue weighted by Gasteiger charge is 2.23. The van der Waals surface area contributed by atoms with Crippen LogP contribution in [0.4, 0.5) is 5.13 Å². The summed E-state index contributed by atoms with van der Waals surface area (Å²) < 4.78 is 5.29. The molecule has 0 radical (unpaired) electrons. The molecule has 1 fully saturated rings. The van der Waals surface area contributed by atoms with Crippen LogP contribution in [-0.4, -0.2) is 29.1 Å². The van der Waals surface area contributed by atoms with Gasteiger partial charge in [-0.05, 0) is 25.7 Å². The van der Waals surface area contributed by atoms with Crippen LogP contribution in [0, 0.1) is 12.8 Å². The van der Waals surface area contributed by atoms with Crippen LogP contribution in [0.25, 0.3) is 11.3 Å². The van der Waals surface area contributed by atoms with Crippen molar-refractivity contribution in [3.63, 3.8) is 0 Å². The standard InChI is InChI=1S/C21H24N4O2S/c1-14-8-10-25(11-9-14)12-17-13-28-21(22-17)23-20(26)18-15(2)27-24-19(18)16-6-4-3-5-7-16/h3-7,13-14H,8-12H2,1-2H3,(H,22,23,26)/p+1. The fourth-order valence-corrected chi connectivity index (χ4v) is 4.35. The molecule has 0 spiro atoms. The minimum Gasteiger partial charge on any atom is -0.360 e. The number of hydrogen-bond acceptors (Lipinski definition) is 5. The predicted octanol–water partition coefficient (Wildman–Crippen LogP) is 3.17. The summed E-state index contributed by atoms with van der Waals surface area (Å²) in [6.07, 6.45) is 2.55. The summed E-state index contributed by atoms with van der Waals surface area (Å²) in [5, 5.41) is 9.66. The average molecular weight is 398 g/mol. The first kappa shape index (κ1) is 18.8. The Morgan fingerprint density at radius 3 is 2.79 bits per heavy atom. The fraction of sp³-hybridized carbons (Fsp3) is 0.381. The number of thiazole rings is 1. The summed E-state index contributed by atoms with van der Waals surface area (Å²) in [5.41, 5.74) is 2.90. The van der Waals surface area contributed by atoms with Crippen LogP contribution < -0.4 is 10.2 Å². The molecule has 3 heterocycles. The van der Waals surface area contributed by atoms with Crippen LogP contribution in [0.3, 0.4) is 0 Å². The van der Waals surface area contributed by atoms with E-state index >= 15 is 0 Å². The van der Waals surface area contributed by atoms with Gasteiger partial charge in [-0.1, -0.05) is 42.4 Å². The highest BCUT2D eigenvalue weighted by atomic mass is 32.1. The molecule has 1 saturated heterocycles. The normalized spacial score (nSPS) is 19.5. The number of nitrogens with zero attached hydrogens (tertiary/aromatic N) is 2. The summed E-state index contributed by atoms with van der Waals surface area (Å²) in [4.78, 5) is 19.1. The number of hydrogen-bond donors (Lipinski definition) is 2. The zero-order valence-corrected chi connectivity index (χ0v) is 17.0. The largest absolute Gasteiger partial charge is 0.360 e. The smallest absolute Gasteiger partial charge is 0.263 e. The zero-order valence-electron chi connectivity index (χ0n) is 16.2. The van der Waals surface area contributed by atoms with E-state index in [0.29, 0.717) is 22.1 Å². The molecular formula is C21H25N4O2S+. The van der Waals surface area contributed by atoms with Crippen molar-refractivity contribution in [3.05, 3.63) is 52.7 Å². The highest BCUT2D eigenvalue weighted by Crippen LogP contribution is 2.26. The lowest BCUT2D eigenvalue weighted by Gasteiger charge is -2.26. The minimum atomic E-state index is -0.238. The molecule has 28 heavy (non-hydrogen) atoms. The average Bonchev–Trinajstić information content (AvgIpc) is 3.30. The molecule has 2 aromatic heterocycles. The molecule has 1 amide bonds. The third kappa shape index (κ3) is 4.15. The molecule has 1 aliphatic rings. The summed E-state index contributed by atoms with van der Waals surface area (Å²) in [7, 11) is 0. The van der Waals surface area contributed by atoms with E-state index in [1.54, 1.807) is 11.8 Å². The van der Waals surface area contributed by atoms with Crippen molar-refractivity contribution in [3.8, 4) is 11.3 Å². The van der Waals surface area contributed by atoms with Gasteiger partial charge in [0.15, 0.2) is 5.13 Å². The lowest BCUT2D eigenvalue weighted by molar-refractivity contribution is -0.920. The SMILES string of the molecule is Cc1onc(-c2ccccc2)c1C(=O)Nc1nc(C[NH+]2CCC(C)CC2)cs1. The van der Waals surface area contributed by atoms with Gasteiger partial charge >= 0.3 is 0 Å². The number of rotatable bonds is 5. The highest BCUT2D eigenvalue weighted by molar-refractivity contribution is 7.14. The lowest BCUT2D eigenvalue weighted by atomic mass is 9.99. The molecule has 0 bridgehead atoms. The number of carbonyl (C=O) groups is 1. The third-order valence-electron chi connectivity index (χ3n) is 5.32. The molecule has 0 saturated carbocycles. The van der Waals surface area contributed by atoms with E-state index in [0.717, 1.165) is 23.7 Å². The Hall–Kier alpha value is -2.51. The van der Waals surface area contributed by atoms with E-state index in [1.165, 1.54) is 37.3 Å². The van der Waals surface area contributed by atoms with Crippen molar-refractivity contribution < 1.29 is 14.2 Å². The molecule has 1 aliphatic heterocycles. The molecule has 2 N–H and O–H groups in total. The Bertz CT molecular complexity index is 942. The fourth-order valence-electron chi connectivity index (χ4n) is 3.64. The van der Waals surface area contributed by atoms with Crippen molar-refractivity contribution in [2.45, 2.75) is 33.2 Å². The Balaban J connectivity index is 1.45. The van der Waals surface area contributed by atoms with Gasteiger partial charge in [0.25, 0.3) is 5.91 Å². The topological polar surface area (TPSA) is 72.5 Å². The quantitative estimate of drug-likeness (QED) is 0.694. The number of likely N-dealkylation sites (tertiary alicyclic amines) is 1. The van der Waals surface area contributed by atoms with Gasteiger partial charge in [0.1, 0.15) is 29.3 Å². The summed E-state index contributed by atoms with van der Waals surface area (Å²) in [5.74, 6) is 1.09. The van der Waals surface area contributed by atoms with Gasteiger partial charge in [-0.3, -0.25) is 10.1 Å². The molecule has 0 atom stereocenters. The number of amides is 1. The van der Waals surface area contributed by atoms with Gasteiger partial charge < -0.3 is 9.42 Å². The number of anilines is 1. The Morgan fingerprint density at radius 2 is 2.04 bits per heavy atom. The molecule has 1 aromatic carbocycles. The van der Waals surface area contributed by atoms with Crippen LogP contribution in [0.1, 0.15) is 41.6 Å². The number of carbonyl (C=O) groups excluding carboxylic acids is 1. The van der Waals surface area contributed by atoms with Gasteiger partial charge in [-0.2, -0.15) is 0 Å². The Labute approximate surface area is 168 Å². The Kier molecular flexibility index (Phi) is 5.54. The monoisotopic (exact) mass is 397 g/mol. The van der Waals surface area contributed by atoms with Gasteiger partial charge in [0.2, 0.25) is 0 Å². The summed E-state index contributed by atoms with van der Waals surface area (Å²) >= 11 is 1.46. The van der Waals surface area contributed by atoms with Gasteiger partial charge in [-0.25, -0.2) is 4.98 Å². The van der Waals surface area contributed by atoms with Crippen LogP contribution in [0.5, 0.6) is 0 Å². The first-order valence-corrected chi connectivity index (χ1v) is 10.6. The second-order valence-corrected chi connectivity index (χ2v) is 8.39. The van der Waals surface area contributed by atoms with Gasteiger partial charge in [0.05, 0.1) is 13.1 Å². The lowest BCUT2D eigenvalue weighted by Crippen LogP contribution is -3.11. The maximum absolute atomic E-state index is 12.9. The van der Waals surface area contributed by atoms with Crippen LogP contribution >= 0.6 is 11.3 Å². The van der Waals surface area contributed by atoms with Crippen molar-refractivity contribution in [1.82, 2.24) is 10.1 Å². The maximum Gasteiger partial charge on any atom is 0.263 e.